The molecule has 0 radical (unpaired) electrons. The molecule has 3 rings (SSSR count). The molecule has 1 atom stereocenters. The van der Waals surface area contributed by atoms with Crippen molar-refractivity contribution in [3.8, 4) is 5.75 Å². The summed E-state index contributed by atoms with van der Waals surface area (Å²) in [6, 6.07) is 19.1. The summed E-state index contributed by atoms with van der Waals surface area (Å²) < 4.78 is 5.81. The fraction of sp³-hybridized carbons (Fsp3) is 0.217. The lowest BCUT2D eigenvalue weighted by atomic mass is 10.0. The molecule has 3 aromatic carbocycles. The van der Waals surface area contributed by atoms with Crippen LogP contribution in [0.4, 0.5) is 0 Å². The van der Waals surface area contributed by atoms with E-state index in [-0.39, 0.29) is 24.3 Å². The number of aryl methyl sites for hydroxylation is 1. The quantitative estimate of drug-likeness (QED) is 0.653. The second kappa shape index (κ2) is 8.04. The van der Waals surface area contributed by atoms with Crippen molar-refractivity contribution < 1.29 is 14.3 Å². The molecular formula is C23H23NO3. The highest BCUT2D eigenvalue weighted by molar-refractivity contribution is 6.03. The van der Waals surface area contributed by atoms with Gasteiger partial charge < -0.3 is 10.1 Å². The molecule has 0 aliphatic rings. The number of amides is 1. The van der Waals surface area contributed by atoms with Gasteiger partial charge in [-0.2, -0.15) is 0 Å². The zero-order valence-corrected chi connectivity index (χ0v) is 15.8. The lowest BCUT2D eigenvalue weighted by Gasteiger charge is -2.18. The van der Waals surface area contributed by atoms with Gasteiger partial charge in [-0.05, 0) is 43.4 Å². The van der Waals surface area contributed by atoms with Crippen molar-refractivity contribution in [1.29, 1.82) is 0 Å². The van der Waals surface area contributed by atoms with Gasteiger partial charge in [0, 0.05) is 5.39 Å². The van der Waals surface area contributed by atoms with Crippen LogP contribution < -0.4 is 10.1 Å². The molecule has 0 fully saturated rings. The number of rotatable bonds is 6. The molecule has 0 aliphatic carbocycles. The van der Waals surface area contributed by atoms with Crippen molar-refractivity contribution in [1.82, 2.24) is 5.32 Å². The summed E-state index contributed by atoms with van der Waals surface area (Å²) in [5.74, 6) is 0.136. The molecule has 1 unspecified atom stereocenters. The Bertz CT molecular complexity index is 994. The molecule has 3 aromatic rings. The number of ketones is 1. The van der Waals surface area contributed by atoms with Gasteiger partial charge in [0.15, 0.2) is 12.4 Å². The van der Waals surface area contributed by atoms with Crippen LogP contribution in [0.1, 0.15) is 41.4 Å². The zero-order chi connectivity index (χ0) is 19.4. The summed E-state index contributed by atoms with van der Waals surface area (Å²) in [7, 11) is 0. The molecular weight excluding hydrogens is 338 g/mol. The maximum atomic E-state index is 12.4. The van der Waals surface area contributed by atoms with Crippen molar-refractivity contribution in [3.63, 3.8) is 0 Å². The second-order valence-corrected chi connectivity index (χ2v) is 6.65. The number of ether oxygens (including phenoxy) is 1. The Morgan fingerprint density at radius 3 is 2.44 bits per heavy atom. The van der Waals surface area contributed by atoms with E-state index < -0.39 is 0 Å². The Morgan fingerprint density at radius 1 is 1.00 bits per heavy atom. The molecule has 0 aromatic heterocycles. The molecule has 0 aliphatic heterocycles. The van der Waals surface area contributed by atoms with Gasteiger partial charge in [-0.1, -0.05) is 54.6 Å². The van der Waals surface area contributed by atoms with Gasteiger partial charge in [0.05, 0.1) is 11.6 Å². The first-order chi connectivity index (χ1) is 13.0. The third-order valence-corrected chi connectivity index (χ3v) is 4.64. The highest BCUT2D eigenvalue weighted by atomic mass is 16.5. The summed E-state index contributed by atoms with van der Waals surface area (Å²) in [6.45, 7) is 5.31. The van der Waals surface area contributed by atoms with E-state index in [0.717, 1.165) is 21.9 Å². The smallest absolute Gasteiger partial charge is 0.258 e. The summed E-state index contributed by atoms with van der Waals surface area (Å²) in [6.07, 6.45) is 0. The number of carbonyl (C=O) groups is 2. The van der Waals surface area contributed by atoms with Crippen LogP contribution in [-0.4, -0.2) is 18.3 Å². The Labute approximate surface area is 159 Å². The SMILES string of the molecule is CC(=O)c1ccc2ccccc2c1OCC(=O)NC(C)c1ccccc1C. The molecule has 1 N–H and O–H groups in total. The minimum absolute atomic E-state index is 0.0931. The highest BCUT2D eigenvalue weighted by Gasteiger charge is 2.16. The standard InChI is InChI=1S/C23H23NO3/c1-15-8-4-6-10-19(15)16(2)24-22(26)14-27-23-20(17(3)25)13-12-18-9-5-7-11-21(18)23/h4-13,16H,14H2,1-3H3,(H,24,26). The fourth-order valence-electron chi connectivity index (χ4n) is 3.25. The largest absolute Gasteiger partial charge is 0.482 e. The normalized spacial score (nSPS) is 11.8. The minimum atomic E-state index is -0.229. The van der Waals surface area contributed by atoms with Gasteiger partial charge >= 0.3 is 0 Å². The van der Waals surface area contributed by atoms with Crippen LogP contribution in [0, 0.1) is 6.92 Å². The van der Waals surface area contributed by atoms with Gasteiger partial charge in [0.25, 0.3) is 5.91 Å². The third kappa shape index (κ3) is 4.17. The molecule has 0 saturated carbocycles. The summed E-state index contributed by atoms with van der Waals surface area (Å²) in [5, 5.41) is 4.74. The van der Waals surface area contributed by atoms with Crippen molar-refractivity contribution in [2.45, 2.75) is 26.8 Å². The molecule has 0 saturated heterocycles. The first-order valence-electron chi connectivity index (χ1n) is 8.97. The van der Waals surface area contributed by atoms with E-state index in [1.807, 2.05) is 68.4 Å². The van der Waals surface area contributed by atoms with Gasteiger partial charge in [-0.25, -0.2) is 0 Å². The maximum Gasteiger partial charge on any atom is 0.258 e. The lowest BCUT2D eigenvalue weighted by molar-refractivity contribution is -0.123. The highest BCUT2D eigenvalue weighted by Crippen LogP contribution is 2.30. The predicted octanol–water partition coefficient (Wildman–Crippen LogP) is 4.61. The summed E-state index contributed by atoms with van der Waals surface area (Å²) >= 11 is 0. The first kappa shape index (κ1) is 18.6. The molecule has 4 heteroatoms. The average Bonchev–Trinajstić information content (AvgIpc) is 2.66. The van der Waals surface area contributed by atoms with E-state index >= 15 is 0 Å². The molecule has 0 spiro atoms. The maximum absolute atomic E-state index is 12.4. The summed E-state index contributed by atoms with van der Waals surface area (Å²) in [5.41, 5.74) is 2.67. The number of nitrogens with one attached hydrogen (secondary N) is 1. The van der Waals surface area contributed by atoms with Gasteiger partial charge in [-0.3, -0.25) is 9.59 Å². The summed E-state index contributed by atoms with van der Waals surface area (Å²) in [4.78, 5) is 24.4. The number of benzene rings is 3. The average molecular weight is 361 g/mol. The van der Waals surface area contributed by atoms with Gasteiger partial charge in [-0.15, -0.1) is 0 Å². The van der Waals surface area contributed by atoms with Crippen LogP contribution in [0.2, 0.25) is 0 Å². The van der Waals surface area contributed by atoms with E-state index in [1.165, 1.54) is 6.92 Å². The Balaban J connectivity index is 1.76. The number of hydrogen-bond donors (Lipinski definition) is 1. The van der Waals surface area contributed by atoms with E-state index in [2.05, 4.69) is 5.32 Å². The van der Waals surface area contributed by atoms with Crippen molar-refractivity contribution in [3.05, 3.63) is 77.4 Å². The van der Waals surface area contributed by atoms with Gasteiger partial charge in [0.2, 0.25) is 0 Å². The van der Waals surface area contributed by atoms with Crippen molar-refractivity contribution >= 4 is 22.5 Å². The molecule has 138 valence electrons. The molecule has 27 heavy (non-hydrogen) atoms. The number of carbonyl (C=O) groups excluding carboxylic acids is 2. The zero-order valence-electron chi connectivity index (χ0n) is 15.8. The fourth-order valence-corrected chi connectivity index (χ4v) is 3.25. The van der Waals surface area contributed by atoms with Gasteiger partial charge in [0.1, 0.15) is 5.75 Å². The molecule has 0 bridgehead atoms. The van der Waals surface area contributed by atoms with Crippen LogP contribution in [0.15, 0.2) is 60.7 Å². The monoisotopic (exact) mass is 361 g/mol. The second-order valence-electron chi connectivity index (χ2n) is 6.65. The molecule has 4 nitrogen and oxygen atoms in total. The van der Waals surface area contributed by atoms with E-state index in [0.29, 0.717) is 11.3 Å². The number of Topliss-reactive ketones (excluding diaryl/α,β-unsaturated/α-hetero) is 1. The van der Waals surface area contributed by atoms with Crippen molar-refractivity contribution in [2.24, 2.45) is 0 Å². The Morgan fingerprint density at radius 2 is 1.70 bits per heavy atom. The topological polar surface area (TPSA) is 55.4 Å². The molecule has 0 heterocycles. The van der Waals surface area contributed by atoms with E-state index in [4.69, 9.17) is 4.74 Å². The number of hydrogen-bond acceptors (Lipinski definition) is 3. The van der Waals surface area contributed by atoms with E-state index in [1.54, 1.807) is 6.07 Å². The van der Waals surface area contributed by atoms with Crippen LogP contribution >= 0.6 is 0 Å². The third-order valence-electron chi connectivity index (χ3n) is 4.64. The van der Waals surface area contributed by atoms with Crippen LogP contribution in [0.25, 0.3) is 10.8 Å². The van der Waals surface area contributed by atoms with Crippen molar-refractivity contribution in [2.75, 3.05) is 6.61 Å². The van der Waals surface area contributed by atoms with E-state index in [9.17, 15) is 9.59 Å². The number of fused-ring (bicyclic) bond motifs is 1. The minimum Gasteiger partial charge on any atom is -0.482 e. The van der Waals surface area contributed by atoms with Crippen LogP contribution in [-0.2, 0) is 4.79 Å². The Kier molecular flexibility index (Phi) is 5.55. The predicted molar refractivity (Wildman–Crippen MR) is 107 cm³/mol. The van der Waals surface area contributed by atoms with Crippen LogP contribution in [0.3, 0.4) is 0 Å². The molecule has 1 amide bonds. The Hall–Kier alpha value is -3.14. The van der Waals surface area contributed by atoms with Crippen LogP contribution in [0.5, 0.6) is 5.75 Å². The first-order valence-corrected chi connectivity index (χ1v) is 8.97. The lowest BCUT2D eigenvalue weighted by Crippen LogP contribution is -2.31.